The summed E-state index contributed by atoms with van der Waals surface area (Å²) in [7, 11) is 1.50. The number of fused-ring (bicyclic) bond motifs is 1. The van der Waals surface area contributed by atoms with Gasteiger partial charge in [-0.2, -0.15) is 4.98 Å². The fourth-order valence-corrected chi connectivity index (χ4v) is 4.01. The molecule has 3 aromatic heterocycles. The van der Waals surface area contributed by atoms with Crippen molar-refractivity contribution in [2.75, 3.05) is 19.0 Å². The Labute approximate surface area is 174 Å². The maximum atomic E-state index is 13.6. The molecule has 0 saturated heterocycles. The Kier molecular flexibility index (Phi) is 5.63. The largest absolute Gasteiger partial charge is 0.467 e. The first kappa shape index (κ1) is 20.2. The number of hydrogen-bond donors (Lipinski definition) is 2. The lowest BCUT2D eigenvalue weighted by Crippen LogP contribution is -2.31. The molecule has 1 aliphatic carbocycles. The second kappa shape index (κ2) is 8.35. The SMILES string of the molecule is CCNc1nc(C)c2cc(-c3cnc(OC)nc3)c(=O)n(C3CCC(O)CC3)c2n1. The van der Waals surface area contributed by atoms with Gasteiger partial charge in [-0.05, 0) is 45.6 Å². The summed E-state index contributed by atoms with van der Waals surface area (Å²) in [5, 5.41) is 13.9. The molecule has 158 valence electrons. The van der Waals surface area contributed by atoms with Gasteiger partial charge < -0.3 is 15.2 Å². The summed E-state index contributed by atoms with van der Waals surface area (Å²) in [6, 6.07) is 2.03. The lowest BCUT2D eigenvalue weighted by Gasteiger charge is -2.28. The molecule has 1 aliphatic rings. The zero-order chi connectivity index (χ0) is 21.3. The van der Waals surface area contributed by atoms with Crippen molar-refractivity contribution in [2.45, 2.75) is 51.7 Å². The number of aryl methyl sites for hydroxylation is 1. The Morgan fingerprint density at radius 1 is 1.20 bits per heavy atom. The molecule has 1 fully saturated rings. The highest BCUT2D eigenvalue weighted by Crippen LogP contribution is 2.32. The third-order valence-electron chi connectivity index (χ3n) is 5.57. The van der Waals surface area contributed by atoms with Crippen LogP contribution in [-0.4, -0.2) is 49.4 Å². The lowest BCUT2D eigenvalue weighted by molar-refractivity contribution is 0.111. The van der Waals surface area contributed by atoms with E-state index >= 15 is 0 Å². The molecule has 0 spiro atoms. The fourth-order valence-electron chi connectivity index (χ4n) is 4.01. The number of aliphatic hydroxyl groups is 1. The van der Waals surface area contributed by atoms with E-state index in [0.29, 0.717) is 42.1 Å². The molecule has 4 rings (SSSR count). The first-order chi connectivity index (χ1) is 14.5. The van der Waals surface area contributed by atoms with E-state index in [1.165, 1.54) is 7.11 Å². The molecule has 0 radical (unpaired) electrons. The molecule has 3 aromatic rings. The van der Waals surface area contributed by atoms with Gasteiger partial charge in [-0.1, -0.05) is 0 Å². The predicted octanol–water partition coefficient (Wildman–Crippen LogP) is 2.47. The van der Waals surface area contributed by atoms with Crippen LogP contribution in [-0.2, 0) is 0 Å². The molecule has 30 heavy (non-hydrogen) atoms. The summed E-state index contributed by atoms with van der Waals surface area (Å²) in [6.07, 6.45) is 5.64. The number of rotatable bonds is 5. The third kappa shape index (κ3) is 3.72. The first-order valence-corrected chi connectivity index (χ1v) is 10.2. The van der Waals surface area contributed by atoms with Crippen LogP contribution in [0.25, 0.3) is 22.2 Å². The molecule has 3 heterocycles. The molecular weight excluding hydrogens is 384 g/mol. The van der Waals surface area contributed by atoms with Crippen LogP contribution in [0.5, 0.6) is 6.01 Å². The predicted molar refractivity (Wildman–Crippen MR) is 114 cm³/mol. The van der Waals surface area contributed by atoms with E-state index in [-0.39, 0.29) is 23.7 Å². The number of anilines is 1. The highest BCUT2D eigenvalue weighted by atomic mass is 16.5. The summed E-state index contributed by atoms with van der Waals surface area (Å²) in [5.74, 6) is 0.507. The van der Waals surface area contributed by atoms with Gasteiger partial charge in [0, 0.05) is 35.9 Å². The number of aliphatic hydroxyl groups excluding tert-OH is 1. The van der Waals surface area contributed by atoms with Crippen molar-refractivity contribution in [3.8, 4) is 17.1 Å². The zero-order valence-corrected chi connectivity index (χ0v) is 17.4. The molecular formula is C21H26N6O3. The van der Waals surface area contributed by atoms with Crippen molar-refractivity contribution >= 4 is 17.0 Å². The molecule has 0 amide bonds. The average molecular weight is 410 g/mol. The Bertz CT molecular complexity index is 1100. The van der Waals surface area contributed by atoms with E-state index in [9.17, 15) is 9.90 Å². The van der Waals surface area contributed by atoms with Crippen LogP contribution in [0, 0.1) is 6.92 Å². The molecule has 9 nitrogen and oxygen atoms in total. The summed E-state index contributed by atoms with van der Waals surface area (Å²) in [4.78, 5) is 31.2. The van der Waals surface area contributed by atoms with Gasteiger partial charge in [-0.15, -0.1) is 0 Å². The van der Waals surface area contributed by atoms with Crippen LogP contribution in [0.2, 0.25) is 0 Å². The molecule has 0 bridgehead atoms. The standard InChI is InChI=1S/C21H26N6O3/c1-4-22-20-25-12(2)16-9-17(13-10-23-21(30-3)24-11-13)19(29)27(18(16)26-20)14-5-7-15(28)8-6-14/h9-11,14-15,28H,4-8H2,1-3H3,(H,22,25,26). The van der Waals surface area contributed by atoms with Gasteiger partial charge >= 0.3 is 6.01 Å². The van der Waals surface area contributed by atoms with E-state index in [1.54, 1.807) is 17.0 Å². The van der Waals surface area contributed by atoms with Crippen molar-refractivity contribution < 1.29 is 9.84 Å². The van der Waals surface area contributed by atoms with Crippen LogP contribution in [0.3, 0.4) is 0 Å². The van der Waals surface area contributed by atoms with Gasteiger partial charge in [0.2, 0.25) is 5.95 Å². The maximum absolute atomic E-state index is 13.6. The van der Waals surface area contributed by atoms with Crippen molar-refractivity contribution in [3.63, 3.8) is 0 Å². The Hall–Kier alpha value is -3.07. The minimum Gasteiger partial charge on any atom is -0.467 e. The highest BCUT2D eigenvalue weighted by molar-refractivity contribution is 5.84. The minimum atomic E-state index is -0.310. The van der Waals surface area contributed by atoms with Gasteiger partial charge in [0.15, 0.2) is 0 Å². The van der Waals surface area contributed by atoms with Gasteiger partial charge in [0.1, 0.15) is 5.65 Å². The molecule has 0 aliphatic heterocycles. The topological polar surface area (TPSA) is 115 Å². The van der Waals surface area contributed by atoms with Crippen LogP contribution in [0.15, 0.2) is 23.3 Å². The number of hydrogen-bond acceptors (Lipinski definition) is 8. The molecule has 2 N–H and O–H groups in total. The average Bonchev–Trinajstić information content (AvgIpc) is 2.75. The normalized spacial score (nSPS) is 19.1. The Morgan fingerprint density at radius 2 is 1.90 bits per heavy atom. The summed E-state index contributed by atoms with van der Waals surface area (Å²) in [6.45, 7) is 4.58. The number of methoxy groups -OCH3 is 1. The number of aromatic nitrogens is 5. The van der Waals surface area contributed by atoms with Gasteiger partial charge in [-0.3, -0.25) is 9.36 Å². The number of ether oxygens (including phenoxy) is 1. The minimum absolute atomic E-state index is 0.0358. The second-order valence-corrected chi connectivity index (χ2v) is 7.55. The Morgan fingerprint density at radius 3 is 2.53 bits per heavy atom. The molecule has 9 heteroatoms. The molecule has 0 atom stereocenters. The fraction of sp³-hybridized carbons (Fsp3) is 0.476. The van der Waals surface area contributed by atoms with Crippen molar-refractivity contribution in [1.29, 1.82) is 0 Å². The highest BCUT2D eigenvalue weighted by Gasteiger charge is 2.26. The number of nitrogens with zero attached hydrogens (tertiary/aromatic N) is 5. The van der Waals surface area contributed by atoms with Crippen molar-refractivity contribution in [1.82, 2.24) is 24.5 Å². The van der Waals surface area contributed by atoms with E-state index in [1.807, 2.05) is 19.9 Å². The quantitative estimate of drug-likeness (QED) is 0.659. The van der Waals surface area contributed by atoms with E-state index in [0.717, 1.165) is 23.9 Å². The number of nitrogens with one attached hydrogen (secondary N) is 1. The van der Waals surface area contributed by atoms with Gasteiger partial charge in [0.25, 0.3) is 5.56 Å². The first-order valence-electron chi connectivity index (χ1n) is 10.2. The Balaban J connectivity index is 1.95. The molecule has 0 unspecified atom stereocenters. The van der Waals surface area contributed by atoms with Crippen LogP contribution < -0.4 is 15.6 Å². The van der Waals surface area contributed by atoms with Gasteiger partial charge in [-0.25, -0.2) is 15.0 Å². The van der Waals surface area contributed by atoms with Crippen molar-refractivity contribution in [2.24, 2.45) is 0 Å². The zero-order valence-electron chi connectivity index (χ0n) is 17.4. The monoisotopic (exact) mass is 410 g/mol. The van der Waals surface area contributed by atoms with Crippen LogP contribution >= 0.6 is 0 Å². The van der Waals surface area contributed by atoms with Crippen molar-refractivity contribution in [3.05, 3.63) is 34.5 Å². The van der Waals surface area contributed by atoms with E-state index in [2.05, 4.69) is 25.3 Å². The summed E-state index contributed by atoms with van der Waals surface area (Å²) in [5.41, 5.74) is 2.37. The van der Waals surface area contributed by atoms with Crippen LogP contribution in [0.4, 0.5) is 5.95 Å². The second-order valence-electron chi connectivity index (χ2n) is 7.55. The summed E-state index contributed by atoms with van der Waals surface area (Å²) < 4.78 is 6.81. The van der Waals surface area contributed by atoms with Crippen LogP contribution in [0.1, 0.15) is 44.3 Å². The lowest BCUT2D eigenvalue weighted by atomic mass is 9.92. The smallest absolute Gasteiger partial charge is 0.316 e. The third-order valence-corrected chi connectivity index (χ3v) is 5.57. The van der Waals surface area contributed by atoms with E-state index in [4.69, 9.17) is 4.74 Å². The van der Waals surface area contributed by atoms with E-state index < -0.39 is 0 Å². The maximum Gasteiger partial charge on any atom is 0.316 e. The molecule has 1 saturated carbocycles. The van der Waals surface area contributed by atoms with Gasteiger partial charge in [0.05, 0.1) is 24.5 Å². The summed E-state index contributed by atoms with van der Waals surface area (Å²) >= 11 is 0. The number of pyridine rings is 1. The molecule has 0 aromatic carbocycles.